The maximum absolute atomic E-state index is 12.3. The maximum Gasteiger partial charge on any atom is 0.248 e. The van der Waals surface area contributed by atoms with Crippen molar-refractivity contribution in [3.05, 3.63) is 72.3 Å². The summed E-state index contributed by atoms with van der Waals surface area (Å²) in [6, 6.07) is 19.2. The number of amides is 1. The van der Waals surface area contributed by atoms with E-state index in [2.05, 4.69) is 20.4 Å². The third kappa shape index (κ3) is 5.72. The van der Waals surface area contributed by atoms with Crippen molar-refractivity contribution in [1.82, 2.24) is 10.2 Å². The quantitative estimate of drug-likeness (QED) is 0.548. The predicted molar refractivity (Wildman–Crippen MR) is 129 cm³/mol. The van der Waals surface area contributed by atoms with Gasteiger partial charge in [0.1, 0.15) is 5.75 Å². The van der Waals surface area contributed by atoms with Crippen LogP contribution < -0.4 is 15.0 Å². The summed E-state index contributed by atoms with van der Waals surface area (Å²) in [5.41, 5.74) is 3.34. The summed E-state index contributed by atoms with van der Waals surface area (Å²) in [4.78, 5) is 14.7. The second-order valence-corrected chi connectivity index (χ2v) is 7.85. The van der Waals surface area contributed by atoms with Gasteiger partial charge in [0.2, 0.25) is 5.91 Å². The molecule has 1 aliphatic heterocycles. The van der Waals surface area contributed by atoms with E-state index >= 15 is 0 Å². The van der Waals surface area contributed by atoms with Gasteiger partial charge in [0.25, 0.3) is 0 Å². The highest BCUT2D eigenvalue weighted by molar-refractivity contribution is 6.02. The fourth-order valence-electron chi connectivity index (χ4n) is 3.77. The minimum absolute atomic E-state index is 0.194. The van der Waals surface area contributed by atoms with Crippen LogP contribution in [-0.2, 0) is 4.79 Å². The Labute approximate surface area is 188 Å². The zero-order valence-electron chi connectivity index (χ0n) is 18.3. The summed E-state index contributed by atoms with van der Waals surface area (Å²) < 4.78 is 5.15. The summed E-state index contributed by atoms with van der Waals surface area (Å²) >= 11 is 0. The van der Waals surface area contributed by atoms with Crippen LogP contribution in [0.5, 0.6) is 5.75 Å². The Kier molecular flexibility index (Phi) is 7.12. The van der Waals surface area contributed by atoms with E-state index < -0.39 is 0 Å². The fourth-order valence-corrected chi connectivity index (χ4v) is 3.77. The zero-order chi connectivity index (χ0) is 22.2. The molecule has 6 heteroatoms. The van der Waals surface area contributed by atoms with Crippen molar-refractivity contribution >= 4 is 23.5 Å². The lowest BCUT2D eigenvalue weighted by atomic mass is 10.1. The summed E-state index contributed by atoms with van der Waals surface area (Å²) in [6.45, 7) is 2.08. The van der Waals surface area contributed by atoms with Crippen LogP contribution in [0.2, 0.25) is 0 Å². The number of carbonyl (C=O) groups excluding carboxylic acids is 1. The number of rotatable bonds is 6. The number of anilines is 2. The average Bonchev–Trinajstić information content (AvgIpc) is 3.13. The molecular weight excluding hydrogens is 400 g/mol. The number of nitrogens with one attached hydrogen (secondary N) is 1. The van der Waals surface area contributed by atoms with E-state index in [0.29, 0.717) is 5.69 Å². The molecule has 4 rings (SSSR count). The van der Waals surface area contributed by atoms with Crippen LogP contribution in [0.25, 0.3) is 17.3 Å². The third-order valence-corrected chi connectivity index (χ3v) is 5.55. The van der Waals surface area contributed by atoms with Gasteiger partial charge in [-0.2, -0.15) is 0 Å². The fraction of sp³-hybridized carbons (Fsp3) is 0.269. The lowest BCUT2D eigenvalue weighted by molar-refractivity contribution is -0.111. The van der Waals surface area contributed by atoms with Gasteiger partial charge in [0.05, 0.1) is 12.8 Å². The topological polar surface area (TPSA) is 67.3 Å². The van der Waals surface area contributed by atoms with E-state index in [1.54, 1.807) is 13.2 Å². The molecule has 1 saturated heterocycles. The molecule has 0 spiro atoms. The zero-order valence-corrected chi connectivity index (χ0v) is 18.3. The minimum atomic E-state index is -0.194. The highest BCUT2D eigenvalue weighted by atomic mass is 16.5. The summed E-state index contributed by atoms with van der Waals surface area (Å²) in [5.74, 6) is 1.52. The first-order valence-corrected chi connectivity index (χ1v) is 11.0. The van der Waals surface area contributed by atoms with Crippen LogP contribution in [0.3, 0.4) is 0 Å². The Hall–Kier alpha value is -3.67. The first-order valence-electron chi connectivity index (χ1n) is 11.0. The van der Waals surface area contributed by atoms with Gasteiger partial charge in [0.15, 0.2) is 5.82 Å². The van der Waals surface area contributed by atoms with E-state index in [4.69, 9.17) is 4.74 Å². The smallest absolute Gasteiger partial charge is 0.248 e. The molecule has 1 aromatic heterocycles. The molecule has 0 bridgehead atoms. The second-order valence-electron chi connectivity index (χ2n) is 7.85. The summed E-state index contributed by atoms with van der Waals surface area (Å²) in [7, 11) is 1.63. The predicted octanol–water partition coefficient (Wildman–Crippen LogP) is 5.18. The van der Waals surface area contributed by atoms with Gasteiger partial charge in [0, 0.05) is 30.4 Å². The van der Waals surface area contributed by atoms with Crippen LogP contribution in [0.15, 0.2) is 66.7 Å². The maximum atomic E-state index is 12.3. The highest BCUT2D eigenvalue weighted by Gasteiger charge is 2.12. The molecule has 164 valence electrons. The number of benzene rings is 2. The first-order chi connectivity index (χ1) is 15.7. The van der Waals surface area contributed by atoms with Gasteiger partial charge in [-0.1, -0.05) is 37.1 Å². The largest absolute Gasteiger partial charge is 0.497 e. The lowest BCUT2D eigenvalue weighted by Gasteiger charge is -2.20. The molecule has 0 unspecified atom stereocenters. The van der Waals surface area contributed by atoms with Crippen LogP contribution in [0.4, 0.5) is 11.5 Å². The minimum Gasteiger partial charge on any atom is -0.497 e. The van der Waals surface area contributed by atoms with Crippen molar-refractivity contribution < 1.29 is 9.53 Å². The first kappa shape index (κ1) is 21.6. The van der Waals surface area contributed by atoms with Crippen molar-refractivity contribution in [1.29, 1.82) is 0 Å². The Bertz CT molecular complexity index is 1050. The number of hydrogen-bond donors (Lipinski definition) is 1. The highest BCUT2D eigenvalue weighted by Crippen LogP contribution is 2.23. The molecule has 0 atom stereocenters. The third-order valence-electron chi connectivity index (χ3n) is 5.55. The molecule has 0 saturated carbocycles. The van der Waals surface area contributed by atoms with Gasteiger partial charge in [-0.25, -0.2) is 0 Å². The van der Waals surface area contributed by atoms with Gasteiger partial charge in [-0.15, -0.1) is 10.2 Å². The normalized spacial score (nSPS) is 14.2. The molecule has 2 heterocycles. The monoisotopic (exact) mass is 428 g/mol. The molecule has 1 fully saturated rings. The number of nitrogens with zero attached hydrogens (tertiary/aromatic N) is 3. The molecule has 1 aliphatic rings. The van der Waals surface area contributed by atoms with E-state index in [1.807, 2.05) is 60.7 Å². The van der Waals surface area contributed by atoms with E-state index in [1.165, 1.54) is 31.8 Å². The van der Waals surface area contributed by atoms with Gasteiger partial charge in [-0.05, 0) is 60.9 Å². The number of ether oxygens (including phenoxy) is 1. The number of methoxy groups -OCH3 is 1. The summed E-state index contributed by atoms with van der Waals surface area (Å²) in [5, 5.41) is 11.8. The molecule has 1 N–H and O–H groups in total. The van der Waals surface area contributed by atoms with Crippen molar-refractivity contribution in [3.63, 3.8) is 0 Å². The molecule has 6 nitrogen and oxygen atoms in total. The lowest BCUT2D eigenvalue weighted by Crippen LogP contribution is -2.25. The summed E-state index contributed by atoms with van der Waals surface area (Å²) in [6.07, 6.45) is 8.28. The average molecular weight is 429 g/mol. The molecule has 32 heavy (non-hydrogen) atoms. The molecule has 3 aromatic rings. The van der Waals surface area contributed by atoms with E-state index in [0.717, 1.165) is 41.5 Å². The molecule has 2 aromatic carbocycles. The Morgan fingerprint density at radius 2 is 1.75 bits per heavy atom. The number of carbonyl (C=O) groups is 1. The van der Waals surface area contributed by atoms with Crippen LogP contribution in [0, 0.1) is 0 Å². The van der Waals surface area contributed by atoms with E-state index in [9.17, 15) is 4.79 Å². The molecule has 0 aliphatic carbocycles. The number of hydrogen-bond acceptors (Lipinski definition) is 5. The Balaban J connectivity index is 1.40. The Morgan fingerprint density at radius 1 is 0.969 bits per heavy atom. The van der Waals surface area contributed by atoms with Crippen molar-refractivity contribution in [2.75, 3.05) is 30.4 Å². The van der Waals surface area contributed by atoms with Crippen LogP contribution in [0.1, 0.15) is 31.2 Å². The van der Waals surface area contributed by atoms with Crippen molar-refractivity contribution in [3.8, 4) is 17.0 Å². The number of aromatic nitrogens is 2. The Morgan fingerprint density at radius 3 is 2.44 bits per heavy atom. The van der Waals surface area contributed by atoms with Crippen LogP contribution >= 0.6 is 0 Å². The van der Waals surface area contributed by atoms with Crippen LogP contribution in [-0.4, -0.2) is 36.3 Å². The van der Waals surface area contributed by atoms with E-state index in [-0.39, 0.29) is 5.91 Å². The van der Waals surface area contributed by atoms with Crippen molar-refractivity contribution in [2.45, 2.75) is 25.7 Å². The SMILES string of the molecule is COc1ccc(/C=C/C(=O)Nc2cccc(-c3ccc(N4CCCCCC4)nn3)c2)cc1. The molecule has 1 amide bonds. The van der Waals surface area contributed by atoms with Crippen molar-refractivity contribution in [2.24, 2.45) is 0 Å². The second kappa shape index (κ2) is 10.6. The molecular formula is C26H28N4O2. The van der Waals surface area contributed by atoms with Gasteiger partial charge in [-0.3, -0.25) is 4.79 Å². The van der Waals surface area contributed by atoms with Gasteiger partial charge < -0.3 is 15.0 Å². The molecule has 0 radical (unpaired) electrons. The van der Waals surface area contributed by atoms with Gasteiger partial charge >= 0.3 is 0 Å². The standard InChI is InChI=1S/C26H28N4O2/c1-32-23-12-9-20(10-13-23)11-16-26(31)27-22-8-6-7-21(19-22)24-14-15-25(29-28-24)30-17-4-2-3-5-18-30/h6-16,19H,2-5,17-18H2,1H3,(H,27,31)/b16-11+.